The summed E-state index contributed by atoms with van der Waals surface area (Å²) in [6, 6.07) is 0. The van der Waals surface area contributed by atoms with E-state index in [9.17, 15) is 9.11 Å². The molecule has 4 nitrogen and oxygen atoms in total. The Kier molecular flexibility index (Phi) is 3.79. The van der Waals surface area contributed by atoms with E-state index in [-0.39, 0.29) is 6.61 Å². The number of hydrogen-bond acceptors (Lipinski definition) is 4. The van der Waals surface area contributed by atoms with Crippen molar-refractivity contribution in [3.05, 3.63) is 0 Å². The summed E-state index contributed by atoms with van der Waals surface area (Å²) >= 11 is 0. The first-order chi connectivity index (χ1) is 5.64. The third-order valence-corrected chi connectivity index (χ3v) is 3.77. The van der Waals surface area contributed by atoms with Crippen LogP contribution >= 0.6 is 10.6 Å². The van der Waals surface area contributed by atoms with Crippen molar-refractivity contribution in [2.24, 2.45) is 0 Å². The van der Waals surface area contributed by atoms with E-state index in [0.717, 1.165) is 26.1 Å². The normalized spacial score (nSPS) is 26.9. The van der Waals surface area contributed by atoms with E-state index in [2.05, 4.69) is 4.90 Å². The van der Waals surface area contributed by atoms with Gasteiger partial charge < -0.3 is 10.0 Å². The molecular weight excluding hydrogens is 178 g/mol. The maximum Gasteiger partial charge on any atom is 0.0502 e. The lowest BCUT2D eigenvalue weighted by atomic mass is 10.4. The zero-order chi connectivity index (χ0) is 9.03. The van der Waals surface area contributed by atoms with Gasteiger partial charge in [0, 0.05) is 26.2 Å². The second-order valence-corrected chi connectivity index (χ2v) is 5.55. The van der Waals surface area contributed by atoms with E-state index in [1.807, 2.05) is 0 Å². The molecule has 0 aliphatic carbocycles. The van der Waals surface area contributed by atoms with Crippen molar-refractivity contribution < 1.29 is 14.2 Å². The SMILES string of the molecule is OCCCN1CCS(O)(O)CC1. The highest BCUT2D eigenvalue weighted by molar-refractivity contribution is 8.24. The summed E-state index contributed by atoms with van der Waals surface area (Å²) in [4.78, 5) is 2.16. The van der Waals surface area contributed by atoms with Crippen LogP contribution in [0.2, 0.25) is 0 Å². The van der Waals surface area contributed by atoms with Crippen LogP contribution in [0.3, 0.4) is 0 Å². The van der Waals surface area contributed by atoms with E-state index < -0.39 is 10.6 Å². The van der Waals surface area contributed by atoms with E-state index in [1.165, 1.54) is 0 Å². The van der Waals surface area contributed by atoms with Crippen LogP contribution in [0.4, 0.5) is 0 Å². The van der Waals surface area contributed by atoms with Gasteiger partial charge in [-0.05, 0) is 6.42 Å². The molecular formula is C7H17NO3S. The van der Waals surface area contributed by atoms with Crippen molar-refractivity contribution in [1.29, 1.82) is 0 Å². The number of aliphatic hydroxyl groups is 1. The van der Waals surface area contributed by atoms with Gasteiger partial charge in [-0.1, -0.05) is 0 Å². The first-order valence-electron chi connectivity index (χ1n) is 4.21. The lowest BCUT2D eigenvalue weighted by Crippen LogP contribution is -2.38. The first-order valence-corrected chi connectivity index (χ1v) is 6.09. The molecule has 0 aromatic heterocycles. The molecule has 1 saturated heterocycles. The molecule has 0 spiro atoms. The van der Waals surface area contributed by atoms with Gasteiger partial charge in [-0.2, -0.15) is 10.6 Å². The second kappa shape index (κ2) is 4.43. The molecule has 0 bridgehead atoms. The molecule has 1 aliphatic heterocycles. The largest absolute Gasteiger partial charge is 0.396 e. The Bertz CT molecular complexity index is 133. The van der Waals surface area contributed by atoms with Crippen LogP contribution < -0.4 is 0 Å². The molecule has 3 N–H and O–H groups in total. The number of rotatable bonds is 3. The zero-order valence-corrected chi connectivity index (χ0v) is 7.96. The zero-order valence-electron chi connectivity index (χ0n) is 7.15. The Labute approximate surface area is 74.5 Å². The predicted octanol–water partition coefficient (Wildman–Crippen LogP) is 0.435. The molecule has 0 aromatic rings. The Morgan fingerprint density at radius 2 is 1.75 bits per heavy atom. The third kappa shape index (κ3) is 3.28. The van der Waals surface area contributed by atoms with Crippen LogP contribution in [0.15, 0.2) is 0 Å². The topological polar surface area (TPSA) is 63.9 Å². The molecule has 1 heterocycles. The van der Waals surface area contributed by atoms with Gasteiger partial charge >= 0.3 is 0 Å². The van der Waals surface area contributed by atoms with E-state index in [1.54, 1.807) is 0 Å². The highest BCUT2D eigenvalue weighted by Gasteiger charge is 2.21. The monoisotopic (exact) mass is 195 g/mol. The van der Waals surface area contributed by atoms with Gasteiger partial charge in [0.25, 0.3) is 0 Å². The average molecular weight is 195 g/mol. The van der Waals surface area contributed by atoms with Crippen molar-refractivity contribution >= 4 is 10.6 Å². The maximum absolute atomic E-state index is 9.28. The smallest absolute Gasteiger partial charge is 0.0502 e. The minimum absolute atomic E-state index is 0.215. The standard InChI is InChI=1S/C7H17NO3S/c9-5-1-2-8-3-6-12(10,11)7-4-8/h9-11H,1-7H2. The van der Waals surface area contributed by atoms with Gasteiger partial charge in [0.05, 0.1) is 11.5 Å². The second-order valence-electron chi connectivity index (χ2n) is 3.13. The van der Waals surface area contributed by atoms with Gasteiger partial charge in [0.15, 0.2) is 0 Å². The van der Waals surface area contributed by atoms with E-state index >= 15 is 0 Å². The lowest BCUT2D eigenvalue weighted by Gasteiger charge is -2.40. The number of hydrogen-bond donors (Lipinski definition) is 3. The van der Waals surface area contributed by atoms with Crippen LogP contribution in [0, 0.1) is 0 Å². The minimum Gasteiger partial charge on any atom is -0.396 e. The number of aliphatic hydroxyl groups excluding tert-OH is 1. The maximum atomic E-state index is 9.28. The van der Waals surface area contributed by atoms with Gasteiger partial charge in [0.2, 0.25) is 0 Å². The Morgan fingerprint density at radius 1 is 1.17 bits per heavy atom. The summed E-state index contributed by atoms with van der Waals surface area (Å²) in [5, 5.41) is 8.58. The van der Waals surface area contributed by atoms with Crippen LogP contribution in [0.5, 0.6) is 0 Å². The molecule has 0 saturated carbocycles. The molecule has 5 heteroatoms. The fraction of sp³-hybridized carbons (Fsp3) is 1.00. The molecule has 0 amide bonds. The summed E-state index contributed by atoms with van der Waals surface area (Å²) in [6.45, 7) is 2.59. The van der Waals surface area contributed by atoms with Crippen molar-refractivity contribution in [3.63, 3.8) is 0 Å². The molecule has 0 aromatic carbocycles. The Balaban J connectivity index is 2.18. The summed E-state index contributed by atoms with van der Waals surface area (Å²) in [7, 11) is -2.24. The van der Waals surface area contributed by atoms with Crippen LogP contribution in [0.1, 0.15) is 6.42 Å². The quantitative estimate of drug-likeness (QED) is 0.611. The molecule has 0 unspecified atom stereocenters. The summed E-state index contributed by atoms with van der Waals surface area (Å²) in [5.41, 5.74) is 0. The molecule has 0 radical (unpaired) electrons. The van der Waals surface area contributed by atoms with Crippen molar-refractivity contribution in [2.75, 3.05) is 37.7 Å². The van der Waals surface area contributed by atoms with Crippen LogP contribution in [0.25, 0.3) is 0 Å². The van der Waals surface area contributed by atoms with Crippen LogP contribution in [-0.4, -0.2) is 56.9 Å². The highest BCUT2D eigenvalue weighted by Crippen LogP contribution is 2.40. The van der Waals surface area contributed by atoms with Gasteiger partial charge in [-0.25, -0.2) is 0 Å². The molecule has 1 rings (SSSR count). The van der Waals surface area contributed by atoms with Gasteiger partial charge in [-0.3, -0.25) is 9.11 Å². The third-order valence-electron chi connectivity index (χ3n) is 2.10. The Morgan fingerprint density at radius 3 is 2.25 bits per heavy atom. The van der Waals surface area contributed by atoms with Crippen LogP contribution in [-0.2, 0) is 0 Å². The summed E-state index contributed by atoms with van der Waals surface area (Å²) < 4.78 is 18.6. The van der Waals surface area contributed by atoms with Gasteiger partial charge in [-0.15, -0.1) is 0 Å². The summed E-state index contributed by atoms with van der Waals surface area (Å²) in [5.74, 6) is 0.997. The molecule has 0 atom stereocenters. The minimum atomic E-state index is -2.24. The first kappa shape index (κ1) is 10.3. The molecule has 1 fully saturated rings. The van der Waals surface area contributed by atoms with Crippen molar-refractivity contribution in [2.45, 2.75) is 6.42 Å². The lowest BCUT2D eigenvalue weighted by molar-refractivity contribution is 0.230. The molecule has 12 heavy (non-hydrogen) atoms. The fourth-order valence-electron chi connectivity index (χ4n) is 1.28. The number of nitrogens with zero attached hydrogens (tertiary/aromatic N) is 1. The summed E-state index contributed by atoms with van der Waals surface area (Å²) in [6.07, 6.45) is 0.777. The average Bonchev–Trinajstić information content (AvgIpc) is 2.03. The van der Waals surface area contributed by atoms with E-state index in [0.29, 0.717) is 11.5 Å². The van der Waals surface area contributed by atoms with E-state index in [4.69, 9.17) is 5.11 Å². The van der Waals surface area contributed by atoms with Gasteiger partial charge in [0.1, 0.15) is 0 Å². The highest BCUT2D eigenvalue weighted by atomic mass is 32.3. The van der Waals surface area contributed by atoms with Crippen molar-refractivity contribution in [1.82, 2.24) is 4.90 Å². The fourth-order valence-corrected chi connectivity index (χ4v) is 2.59. The molecule has 1 aliphatic rings. The van der Waals surface area contributed by atoms with Crippen molar-refractivity contribution in [3.8, 4) is 0 Å². The Hall–Kier alpha value is 0.190. The molecule has 74 valence electrons. The predicted molar refractivity (Wildman–Crippen MR) is 50.7 cm³/mol.